The number of rotatable bonds is 32. The molecular formula is C48H102N10O3. The van der Waals surface area contributed by atoms with Gasteiger partial charge in [-0.15, -0.1) is 0 Å². The second kappa shape index (κ2) is 22.6. The van der Waals surface area contributed by atoms with Gasteiger partial charge in [-0.25, -0.2) is 0 Å². The highest BCUT2D eigenvalue weighted by Crippen LogP contribution is 2.36. The molecule has 61 heavy (non-hydrogen) atoms. The van der Waals surface area contributed by atoms with Gasteiger partial charge < -0.3 is 33.2 Å². The zero-order valence-corrected chi connectivity index (χ0v) is 43.7. The predicted octanol–water partition coefficient (Wildman–Crippen LogP) is 5.89. The fourth-order valence-corrected chi connectivity index (χ4v) is 10.1. The number of nitrogens with zero attached hydrogens (tertiary/aromatic N) is 1. The van der Waals surface area contributed by atoms with Crippen molar-refractivity contribution in [2.24, 2.45) is 33.4 Å². The lowest BCUT2D eigenvalue weighted by molar-refractivity contribution is -0.135. The summed E-state index contributed by atoms with van der Waals surface area (Å²) in [7, 11) is 0. The first kappa shape index (κ1) is 59.5. The smallest absolute Gasteiger partial charge is 0.225 e. The van der Waals surface area contributed by atoms with Crippen LogP contribution in [0.25, 0.3) is 0 Å². The van der Waals surface area contributed by atoms with Crippen molar-refractivity contribution < 1.29 is 14.4 Å². The number of ketones is 2. The highest BCUT2D eigenvalue weighted by Gasteiger charge is 2.46. The van der Waals surface area contributed by atoms with E-state index in [1.165, 1.54) is 0 Å². The molecule has 13 nitrogen and oxygen atoms in total. The van der Waals surface area contributed by atoms with Crippen LogP contribution in [0.2, 0.25) is 0 Å². The molecule has 362 valence electrons. The van der Waals surface area contributed by atoms with E-state index in [0.717, 1.165) is 12.8 Å². The third kappa shape index (κ3) is 20.4. The van der Waals surface area contributed by atoms with Crippen molar-refractivity contribution in [2.75, 3.05) is 39.3 Å². The van der Waals surface area contributed by atoms with Crippen LogP contribution in [0.1, 0.15) is 190 Å². The summed E-state index contributed by atoms with van der Waals surface area (Å²) >= 11 is 0. The SMILES string of the molecule is CCC(C)(N)NC(C)(C)CC(C)(C)C(=O)C(C)(CC)NCCN(CCNC(=O)C(C)(C)CC(C)(C)NC(C)N)CCNC(C)(CC)C(=O)C(C)(C)CC(C)(C)NC(C)(N)CC. The minimum atomic E-state index is -0.750. The molecule has 13 heteroatoms. The van der Waals surface area contributed by atoms with E-state index < -0.39 is 38.6 Å². The van der Waals surface area contributed by atoms with Crippen LogP contribution in [0.3, 0.4) is 0 Å². The third-order valence-corrected chi connectivity index (χ3v) is 12.8. The molecule has 0 aliphatic heterocycles. The molecule has 1 amide bonds. The van der Waals surface area contributed by atoms with Gasteiger partial charge in [-0.3, -0.25) is 35.2 Å². The van der Waals surface area contributed by atoms with Crippen LogP contribution in [0.5, 0.6) is 0 Å². The molecule has 0 saturated heterocycles. The molecule has 0 bridgehead atoms. The van der Waals surface area contributed by atoms with E-state index in [4.69, 9.17) is 17.2 Å². The number of amides is 1. The van der Waals surface area contributed by atoms with Gasteiger partial charge >= 0.3 is 0 Å². The molecule has 0 aliphatic carbocycles. The summed E-state index contributed by atoms with van der Waals surface area (Å²) in [5.41, 5.74) is 13.5. The van der Waals surface area contributed by atoms with Crippen molar-refractivity contribution in [2.45, 2.75) is 236 Å². The average Bonchev–Trinajstić information content (AvgIpc) is 3.07. The van der Waals surface area contributed by atoms with E-state index in [9.17, 15) is 14.4 Å². The average molecular weight is 867 g/mol. The summed E-state index contributed by atoms with van der Waals surface area (Å²) in [4.78, 5) is 44.7. The van der Waals surface area contributed by atoms with E-state index >= 15 is 0 Å². The van der Waals surface area contributed by atoms with Crippen LogP contribution < -0.4 is 49.1 Å². The summed E-state index contributed by atoms with van der Waals surface area (Å²) in [5, 5.41) is 21.0. The minimum Gasteiger partial charge on any atom is -0.354 e. The zero-order chi connectivity index (χ0) is 48.3. The van der Waals surface area contributed by atoms with Crippen molar-refractivity contribution >= 4 is 17.5 Å². The fourth-order valence-electron chi connectivity index (χ4n) is 10.1. The number of hydrogen-bond acceptors (Lipinski definition) is 12. The van der Waals surface area contributed by atoms with Gasteiger partial charge in [-0.05, 0) is 121 Å². The van der Waals surface area contributed by atoms with E-state index in [1.54, 1.807) is 0 Å². The lowest BCUT2D eigenvalue weighted by Crippen LogP contribution is -2.62. The Morgan fingerprint density at radius 1 is 0.508 bits per heavy atom. The molecule has 0 aromatic heterocycles. The van der Waals surface area contributed by atoms with Gasteiger partial charge in [-0.1, -0.05) is 69.2 Å². The van der Waals surface area contributed by atoms with Gasteiger partial charge in [-0.2, -0.15) is 0 Å². The van der Waals surface area contributed by atoms with E-state index in [2.05, 4.69) is 106 Å². The first-order valence-corrected chi connectivity index (χ1v) is 23.5. The standard InChI is InChI=1S/C48H102N10O3/c1-22-45(18,36(59)39(6,7)32-43(14,15)56-47(20,50)24-3)53-27-30-58(29-26-52-38(61)41(10,11)34-42(12,13)55-35(5)49)31-28-54-46(19,23-2)37(60)40(8,9)33-44(16,17)57-48(21,51)25-4/h35,53-57H,22-34,49-51H2,1-21H3,(H,52,61). The highest BCUT2D eigenvalue weighted by molar-refractivity contribution is 5.93. The van der Waals surface area contributed by atoms with Crippen LogP contribution in [0.4, 0.5) is 0 Å². The van der Waals surface area contributed by atoms with Crippen molar-refractivity contribution in [1.82, 2.24) is 36.8 Å². The van der Waals surface area contributed by atoms with Crippen LogP contribution in [0, 0.1) is 16.2 Å². The molecule has 0 aromatic carbocycles. The van der Waals surface area contributed by atoms with Crippen LogP contribution in [-0.4, -0.2) is 107 Å². The monoisotopic (exact) mass is 867 g/mol. The van der Waals surface area contributed by atoms with E-state index in [0.29, 0.717) is 71.4 Å². The largest absolute Gasteiger partial charge is 0.354 e. The van der Waals surface area contributed by atoms with Gasteiger partial charge in [0.25, 0.3) is 0 Å². The molecule has 0 saturated carbocycles. The number of Topliss-reactive ketones (excluding diaryl/α,β-unsaturated/α-hetero) is 2. The number of nitrogens with one attached hydrogen (secondary N) is 6. The Kier molecular flexibility index (Phi) is 22.0. The fraction of sp³-hybridized carbons (Fsp3) is 0.938. The summed E-state index contributed by atoms with van der Waals surface area (Å²) in [6.45, 7) is 46.3. The van der Waals surface area contributed by atoms with Gasteiger partial charge in [0.15, 0.2) is 11.6 Å². The first-order valence-electron chi connectivity index (χ1n) is 23.5. The number of hydrogen-bond donors (Lipinski definition) is 9. The number of carbonyl (C=O) groups is 3. The maximum absolute atomic E-state index is 14.4. The van der Waals surface area contributed by atoms with Gasteiger partial charge in [0.2, 0.25) is 5.91 Å². The van der Waals surface area contributed by atoms with Crippen LogP contribution >= 0.6 is 0 Å². The second-order valence-electron chi connectivity index (χ2n) is 23.5. The Morgan fingerprint density at radius 2 is 0.836 bits per heavy atom. The molecule has 0 radical (unpaired) electrons. The Balaban J connectivity index is 6.23. The Labute approximate surface area is 375 Å². The summed E-state index contributed by atoms with van der Waals surface area (Å²) in [6, 6.07) is 0. The molecule has 5 atom stereocenters. The number of carbonyl (C=O) groups excluding carboxylic acids is 3. The quantitative estimate of drug-likeness (QED) is 0.0364. The van der Waals surface area contributed by atoms with Gasteiger partial charge in [0, 0.05) is 72.1 Å². The van der Waals surface area contributed by atoms with E-state index in [-0.39, 0.29) is 40.3 Å². The number of nitrogens with two attached hydrogens (primary N) is 3. The summed E-state index contributed by atoms with van der Waals surface area (Å²) in [5.74, 6) is 0.320. The maximum atomic E-state index is 14.4. The minimum absolute atomic E-state index is 0.0152. The topological polar surface area (TPSA) is 205 Å². The van der Waals surface area contributed by atoms with E-state index in [1.807, 2.05) is 76.2 Å². The van der Waals surface area contributed by atoms with Gasteiger partial charge in [0.1, 0.15) is 0 Å². The molecule has 0 aromatic rings. The summed E-state index contributed by atoms with van der Waals surface area (Å²) < 4.78 is 0. The van der Waals surface area contributed by atoms with Gasteiger partial charge in [0.05, 0.1) is 28.6 Å². The van der Waals surface area contributed by atoms with Crippen molar-refractivity contribution in [3.63, 3.8) is 0 Å². The molecule has 0 rings (SSSR count). The molecule has 0 fully saturated rings. The Bertz CT molecular complexity index is 1310. The van der Waals surface area contributed by atoms with Crippen molar-refractivity contribution in [3.05, 3.63) is 0 Å². The molecule has 0 heterocycles. The second-order valence-corrected chi connectivity index (χ2v) is 23.5. The van der Waals surface area contributed by atoms with Crippen molar-refractivity contribution in [3.8, 4) is 0 Å². The maximum Gasteiger partial charge on any atom is 0.225 e. The Morgan fingerprint density at radius 3 is 1.15 bits per heavy atom. The molecule has 5 unspecified atom stereocenters. The highest BCUT2D eigenvalue weighted by atomic mass is 16.2. The zero-order valence-electron chi connectivity index (χ0n) is 43.7. The van der Waals surface area contributed by atoms with Crippen LogP contribution in [-0.2, 0) is 14.4 Å². The van der Waals surface area contributed by atoms with Crippen LogP contribution in [0.15, 0.2) is 0 Å². The first-order chi connectivity index (χ1) is 27.2. The normalized spacial score (nSPS) is 18.2. The molecular weight excluding hydrogens is 765 g/mol. The lowest BCUT2D eigenvalue weighted by atomic mass is 9.70. The Hall–Kier alpha value is -1.55. The molecule has 0 spiro atoms. The lowest BCUT2D eigenvalue weighted by Gasteiger charge is -2.43. The molecule has 0 aliphatic rings. The molecule has 12 N–H and O–H groups in total. The predicted molar refractivity (Wildman–Crippen MR) is 259 cm³/mol. The van der Waals surface area contributed by atoms with Crippen molar-refractivity contribution in [1.29, 1.82) is 0 Å². The summed E-state index contributed by atoms with van der Waals surface area (Å²) in [6.07, 6.45) is 4.48. The third-order valence-electron chi connectivity index (χ3n) is 12.8.